The van der Waals surface area contributed by atoms with Gasteiger partial charge in [-0.25, -0.2) is 9.49 Å². The Bertz CT molecular complexity index is 1070. The van der Waals surface area contributed by atoms with E-state index in [1.807, 2.05) is 0 Å². The van der Waals surface area contributed by atoms with Crippen LogP contribution in [0.15, 0.2) is 23.0 Å². The second-order valence-corrected chi connectivity index (χ2v) is 8.59. The highest BCUT2D eigenvalue weighted by Gasteiger charge is 2.31. The van der Waals surface area contributed by atoms with Crippen LogP contribution in [-0.2, 0) is 11.2 Å². The fraction of sp³-hybridized carbons (Fsp3) is 0.455. The van der Waals surface area contributed by atoms with Crippen molar-refractivity contribution in [3.63, 3.8) is 0 Å². The van der Waals surface area contributed by atoms with Crippen molar-refractivity contribution in [3.05, 3.63) is 62.3 Å². The van der Waals surface area contributed by atoms with Gasteiger partial charge in [0.05, 0.1) is 16.9 Å². The molecule has 2 amide bonds. The fourth-order valence-corrected chi connectivity index (χ4v) is 3.57. The van der Waals surface area contributed by atoms with E-state index in [4.69, 9.17) is 0 Å². The number of carbonyl (C=O) groups excluding carboxylic acids is 2. The van der Waals surface area contributed by atoms with Crippen LogP contribution in [0, 0.1) is 19.7 Å². The second kappa shape index (κ2) is 8.58. The summed E-state index contributed by atoms with van der Waals surface area (Å²) in [7, 11) is 0. The molecule has 1 aliphatic rings. The molecule has 0 bridgehead atoms. The summed E-state index contributed by atoms with van der Waals surface area (Å²) in [5.41, 5.74) is 1.20. The Balaban J connectivity index is 1.78. The van der Waals surface area contributed by atoms with E-state index in [0.29, 0.717) is 23.2 Å². The molecule has 8 nitrogen and oxygen atoms in total. The van der Waals surface area contributed by atoms with E-state index in [1.54, 1.807) is 33.8 Å². The van der Waals surface area contributed by atoms with E-state index in [-0.39, 0.29) is 43.2 Å². The lowest BCUT2D eigenvalue weighted by atomic mass is 10.0. The average molecular weight is 430 g/mol. The highest BCUT2D eigenvalue weighted by atomic mass is 19.1. The van der Waals surface area contributed by atoms with Gasteiger partial charge in [0.25, 0.3) is 11.5 Å². The summed E-state index contributed by atoms with van der Waals surface area (Å²) in [5.74, 6) is -1.51. The highest BCUT2D eigenvalue weighted by Crippen LogP contribution is 2.19. The predicted octanol–water partition coefficient (Wildman–Crippen LogP) is 1.17. The lowest BCUT2D eigenvalue weighted by molar-refractivity contribution is -0.138. The van der Waals surface area contributed by atoms with E-state index in [1.165, 1.54) is 21.9 Å². The lowest BCUT2D eigenvalue weighted by Crippen LogP contribution is -2.55. The van der Waals surface area contributed by atoms with Crippen molar-refractivity contribution < 1.29 is 19.1 Å². The number of hydrogen-bond acceptors (Lipinski definition) is 5. The molecular weight excluding hydrogens is 403 g/mol. The number of β-amino-alcohol motifs (C(OH)–C–C–N with tert-alkyl or cyclic N) is 1. The van der Waals surface area contributed by atoms with Crippen LogP contribution in [0.4, 0.5) is 4.39 Å². The number of nitrogens with zero attached hydrogens (tertiary/aromatic N) is 3. The summed E-state index contributed by atoms with van der Waals surface area (Å²) >= 11 is 0. The predicted molar refractivity (Wildman–Crippen MR) is 112 cm³/mol. The van der Waals surface area contributed by atoms with Gasteiger partial charge in [0, 0.05) is 31.6 Å². The van der Waals surface area contributed by atoms with Crippen LogP contribution >= 0.6 is 0 Å². The zero-order chi connectivity index (χ0) is 22.9. The molecule has 2 N–H and O–H groups in total. The van der Waals surface area contributed by atoms with Gasteiger partial charge in [-0.05, 0) is 51.0 Å². The number of piperazine rings is 1. The number of benzene rings is 1. The highest BCUT2D eigenvalue weighted by molar-refractivity contribution is 5.97. The van der Waals surface area contributed by atoms with Gasteiger partial charge in [-0.3, -0.25) is 14.4 Å². The monoisotopic (exact) mass is 430 g/mol. The fourth-order valence-electron chi connectivity index (χ4n) is 3.57. The molecule has 3 rings (SSSR count). The van der Waals surface area contributed by atoms with E-state index >= 15 is 0 Å². The number of H-pyrrole nitrogens is 1. The maximum atomic E-state index is 14.5. The summed E-state index contributed by atoms with van der Waals surface area (Å²) in [5, 5.41) is 16.4. The zero-order valence-electron chi connectivity index (χ0n) is 18.2. The minimum atomic E-state index is -1.03. The third kappa shape index (κ3) is 5.16. The Morgan fingerprint density at radius 3 is 2.58 bits per heavy atom. The minimum Gasteiger partial charge on any atom is -0.389 e. The number of halogens is 1. The van der Waals surface area contributed by atoms with Crippen molar-refractivity contribution >= 4 is 11.8 Å². The van der Waals surface area contributed by atoms with Crippen LogP contribution < -0.4 is 5.56 Å². The normalized spacial score (nSPS) is 14.8. The van der Waals surface area contributed by atoms with Gasteiger partial charge < -0.3 is 14.9 Å². The first kappa shape index (κ1) is 22.6. The molecule has 0 radical (unpaired) electrons. The molecule has 1 saturated heterocycles. The van der Waals surface area contributed by atoms with E-state index in [9.17, 15) is 23.9 Å². The Labute approximate surface area is 179 Å². The number of nitrogens with one attached hydrogen (secondary N) is 1. The standard InChI is InChI=1S/C22H27FN4O4/c1-13-14(2)20(29)25-24-18(13)10-15-5-6-17(23)16(9-15)21(30)26-7-8-27(19(28)11-26)12-22(3,4)31/h5-6,9,31H,7-8,10-12H2,1-4H3,(H,25,29). The number of aromatic nitrogens is 2. The summed E-state index contributed by atoms with van der Waals surface area (Å²) in [6.45, 7) is 7.24. The van der Waals surface area contributed by atoms with Crippen LogP contribution in [0.25, 0.3) is 0 Å². The van der Waals surface area contributed by atoms with Crippen LogP contribution in [-0.4, -0.2) is 68.7 Å². The molecule has 1 aromatic heterocycles. The van der Waals surface area contributed by atoms with Crippen molar-refractivity contribution in [1.82, 2.24) is 20.0 Å². The molecule has 31 heavy (non-hydrogen) atoms. The van der Waals surface area contributed by atoms with Crippen molar-refractivity contribution in [2.75, 3.05) is 26.2 Å². The number of rotatable bonds is 5. The van der Waals surface area contributed by atoms with Crippen molar-refractivity contribution in [2.45, 2.75) is 39.7 Å². The first-order valence-electron chi connectivity index (χ1n) is 10.1. The Morgan fingerprint density at radius 2 is 1.94 bits per heavy atom. The van der Waals surface area contributed by atoms with E-state index in [2.05, 4.69) is 10.2 Å². The topological polar surface area (TPSA) is 107 Å². The second-order valence-electron chi connectivity index (χ2n) is 8.59. The van der Waals surface area contributed by atoms with Gasteiger partial charge in [0.1, 0.15) is 12.4 Å². The lowest BCUT2D eigenvalue weighted by Gasteiger charge is -2.37. The number of carbonyl (C=O) groups is 2. The number of aromatic amines is 1. The molecule has 1 aromatic carbocycles. The third-order valence-corrected chi connectivity index (χ3v) is 5.44. The Kier molecular flexibility index (Phi) is 6.26. The van der Waals surface area contributed by atoms with Crippen molar-refractivity contribution in [3.8, 4) is 0 Å². The largest absolute Gasteiger partial charge is 0.389 e. The van der Waals surface area contributed by atoms with Gasteiger partial charge in [-0.1, -0.05) is 6.07 Å². The molecule has 0 spiro atoms. The quantitative estimate of drug-likeness (QED) is 0.741. The molecule has 0 saturated carbocycles. The molecule has 1 fully saturated rings. The molecule has 0 atom stereocenters. The SMILES string of the molecule is Cc1c(Cc2ccc(F)c(C(=O)N3CCN(CC(C)(C)O)C(=O)C3)c2)n[nH]c(=O)c1C. The Hall–Kier alpha value is -3.07. The van der Waals surface area contributed by atoms with Crippen molar-refractivity contribution in [1.29, 1.82) is 0 Å². The molecule has 0 aliphatic carbocycles. The third-order valence-electron chi connectivity index (χ3n) is 5.44. The summed E-state index contributed by atoms with van der Waals surface area (Å²) in [6, 6.07) is 4.26. The minimum absolute atomic E-state index is 0.111. The van der Waals surface area contributed by atoms with E-state index < -0.39 is 17.3 Å². The zero-order valence-corrected chi connectivity index (χ0v) is 18.2. The Morgan fingerprint density at radius 1 is 1.23 bits per heavy atom. The summed E-state index contributed by atoms with van der Waals surface area (Å²) in [4.78, 5) is 39.8. The van der Waals surface area contributed by atoms with Gasteiger partial charge >= 0.3 is 0 Å². The average Bonchev–Trinajstić information content (AvgIpc) is 2.70. The van der Waals surface area contributed by atoms with Crippen LogP contribution in [0.1, 0.15) is 46.6 Å². The van der Waals surface area contributed by atoms with Gasteiger partial charge in [0.2, 0.25) is 5.91 Å². The van der Waals surface area contributed by atoms with Crippen LogP contribution in [0.5, 0.6) is 0 Å². The van der Waals surface area contributed by atoms with Gasteiger partial charge in [-0.15, -0.1) is 0 Å². The molecule has 166 valence electrons. The summed E-state index contributed by atoms with van der Waals surface area (Å²) < 4.78 is 14.5. The number of amides is 2. The van der Waals surface area contributed by atoms with Gasteiger partial charge in [-0.2, -0.15) is 5.10 Å². The maximum Gasteiger partial charge on any atom is 0.267 e. The van der Waals surface area contributed by atoms with Crippen LogP contribution in [0.3, 0.4) is 0 Å². The van der Waals surface area contributed by atoms with Crippen molar-refractivity contribution in [2.24, 2.45) is 0 Å². The first-order chi connectivity index (χ1) is 14.5. The smallest absolute Gasteiger partial charge is 0.267 e. The first-order valence-corrected chi connectivity index (χ1v) is 10.1. The molecule has 2 aromatic rings. The molecule has 0 unspecified atom stereocenters. The summed E-state index contributed by atoms with van der Waals surface area (Å²) in [6.07, 6.45) is 0.322. The molecule has 2 heterocycles. The molecule has 1 aliphatic heterocycles. The van der Waals surface area contributed by atoms with Crippen LogP contribution in [0.2, 0.25) is 0 Å². The van der Waals surface area contributed by atoms with Gasteiger partial charge in [0.15, 0.2) is 0 Å². The maximum absolute atomic E-state index is 14.5. The molecular formula is C22H27FN4O4. The van der Waals surface area contributed by atoms with E-state index in [0.717, 1.165) is 5.56 Å². The molecule has 9 heteroatoms. The number of aliphatic hydroxyl groups is 1. The number of hydrogen-bond donors (Lipinski definition) is 2.